The zero-order valence-corrected chi connectivity index (χ0v) is 28.2. The summed E-state index contributed by atoms with van der Waals surface area (Å²) in [5.74, 6) is -0.487. The monoisotopic (exact) mass is 709 g/mol. The van der Waals surface area contributed by atoms with Gasteiger partial charge in [0.05, 0.1) is 23.4 Å². The lowest BCUT2D eigenvalue weighted by atomic mass is 10.1. The van der Waals surface area contributed by atoms with Gasteiger partial charge < -0.3 is 24.0 Å². The van der Waals surface area contributed by atoms with Gasteiger partial charge in [-0.15, -0.1) is 0 Å². The molecule has 0 bridgehead atoms. The van der Waals surface area contributed by atoms with Crippen molar-refractivity contribution in [2.24, 2.45) is 0 Å². The fourth-order valence-electron chi connectivity index (χ4n) is 6.09. The largest absolute Gasteiger partial charge is 0.491 e. The third kappa shape index (κ3) is 7.04. The Hall–Kier alpha value is -4.36. The maximum absolute atomic E-state index is 13.1. The van der Waals surface area contributed by atoms with Crippen LogP contribution in [0.15, 0.2) is 90.5 Å². The predicted octanol–water partition coefficient (Wildman–Crippen LogP) is 5.58. The zero-order valence-electron chi connectivity index (χ0n) is 31.7. The van der Waals surface area contributed by atoms with Crippen LogP contribution in [0, 0.1) is 0 Å². The van der Waals surface area contributed by atoms with E-state index < -0.39 is 30.7 Å². The van der Waals surface area contributed by atoms with Gasteiger partial charge in [-0.3, -0.25) is 0 Å². The molecule has 2 aliphatic rings. The van der Waals surface area contributed by atoms with Gasteiger partial charge in [0, 0.05) is 55.0 Å². The van der Waals surface area contributed by atoms with Crippen molar-refractivity contribution < 1.29 is 21.1 Å². The quantitative estimate of drug-likeness (QED) is 0.174. The minimum Gasteiger partial charge on any atom is -0.491 e. The number of benzene rings is 3. The number of halogens is 2. The summed E-state index contributed by atoms with van der Waals surface area (Å²) < 4.78 is 61.3. The lowest BCUT2D eigenvalue weighted by Crippen LogP contribution is -2.46. The molecule has 0 spiro atoms. The SMILES string of the molecule is [2H]C([2H])([2H])C([2H])([2H])C(C)n1ncn(-c2ccc(N3CCN(c4ccc(OC[C@H]5CO[C@](Cn6cncn6)(c6ccc(Cl)cc6Cl)O5)cc4)CC3)cc2)c1=O. The summed E-state index contributed by atoms with van der Waals surface area (Å²) in [6.07, 6.45) is 1.31. The Balaban J connectivity index is 0.923. The van der Waals surface area contributed by atoms with Crippen molar-refractivity contribution in [1.29, 1.82) is 0 Å². The van der Waals surface area contributed by atoms with Crippen LogP contribution in [-0.2, 0) is 21.8 Å². The molecule has 7 rings (SSSR count). The maximum atomic E-state index is 13.1. The van der Waals surface area contributed by atoms with Crippen LogP contribution in [0.1, 0.15) is 38.6 Å². The van der Waals surface area contributed by atoms with Crippen LogP contribution in [-0.4, -0.2) is 74.6 Å². The highest BCUT2D eigenvalue weighted by atomic mass is 35.5. The molecule has 0 saturated carbocycles. The molecule has 49 heavy (non-hydrogen) atoms. The third-order valence-corrected chi connectivity index (χ3v) is 9.27. The third-order valence-electron chi connectivity index (χ3n) is 8.72. The van der Waals surface area contributed by atoms with Crippen molar-refractivity contribution >= 4 is 34.6 Å². The molecular formula is C35H38Cl2N8O4. The molecule has 14 heteroatoms. The van der Waals surface area contributed by atoms with Crippen LogP contribution < -0.4 is 20.2 Å². The van der Waals surface area contributed by atoms with Crippen LogP contribution in [0.2, 0.25) is 10.0 Å². The highest BCUT2D eigenvalue weighted by molar-refractivity contribution is 6.35. The van der Waals surface area contributed by atoms with E-state index in [1.165, 1.54) is 24.1 Å². The van der Waals surface area contributed by atoms with Gasteiger partial charge in [-0.2, -0.15) is 10.2 Å². The molecule has 2 aromatic heterocycles. The number of hydrogen-bond acceptors (Lipinski definition) is 9. The molecule has 3 atom stereocenters. The Bertz CT molecular complexity index is 2110. The minimum atomic E-state index is -2.91. The van der Waals surface area contributed by atoms with E-state index in [2.05, 4.69) is 25.0 Å². The van der Waals surface area contributed by atoms with Crippen molar-refractivity contribution in [2.45, 2.75) is 44.6 Å². The topological polar surface area (TPSA) is 105 Å². The fraction of sp³-hybridized carbons (Fsp3) is 0.371. The molecule has 256 valence electrons. The van der Waals surface area contributed by atoms with Gasteiger partial charge in [0.1, 0.15) is 44.0 Å². The maximum Gasteiger partial charge on any atom is 0.350 e. The van der Waals surface area contributed by atoms with Crippen LogP contribution in [0.25, 0.3) is 5.69 Å². The van der Waals surface area contributed by atoms with E-state index in [-0.39, 0.29) is 25.9 Å². The highest BCUT2D eigenvalue weighted by Crippen LogP contribution is 2.40. The fourth-order valence-corrected chi connectivity index (χ4v) is 6.64. The van der Waals surface area contributed by atoms with Gasteiger partial charge in [0.25, 0.3) is 0 Å². The minimum absolute atomic E-state index is 0.241. The summed E-state index contributed by atoms with van der Waals surface area (Å²) in [6, 6.07) is 19.3. The zero-order chi connectivity index (χ0) is 38.3. The first-order chi connectivity index (χ1) is 25.7. The number of rotatable bonds is 11. The van der Waals surface area contributed by atoms with Crippen molar-refractivity contribution in [3.63, 3.8) is 0 Å². The summed E-state index contributed by atoms with van der Waals surface area (Å²) in [6.45, 7) is 2.38. The summed E-state index contributed by atoms with van der Waals surface area (Å²) in [7, 11) is 0. The van der Waals surface area contributed by atoms with E-state index in [0.717, 1.165) is 42.2 Å². The summed E-state index contributed by atoms with van der Waals surface area (Å²) in [4.78, 5) is 21.7. The predicted molar refractivity (Wildman–Crippen MR) is 188 cm³/mol. The van der Waals surface area contributed by atoms with E-state index in [1.54, 1.807) is 41.3 Å². The lowest BCUT2D eigenvalue weighted by molar-refractivity contribution is -0.190. The number of hydrogen-bond donors (Lipinski definition) is 0. The Morgan fingerprint density at radius 1 is 0.980 bits per heavy atom. The second-order valence-electron chi connectivity index (χ2n) is 11.9. The van der Waals surface area contributed by atoms with E-state index >= 15 is 0 Å². The molecule has 3 aromatic carbocycles. The van der Waals surface area contributed by atoms with Crippen molar-refractivity contribution in [2.75, 3.05) is 49.2 Å². The number of piperazine rings is 1. The van der Waals surface area contributed by atoms with E-state index in [1.807, 2.05) is 36.4 Å². The van der Waals surface area contributed by atoms with Gasteiger partial charge >= 0.3 is 5.69 Å². The van der Waals surface area contributed by atoms with Gasteiger partial charge in [-0.1, -0.05) is 36.1 Å². The van der Waals surface area contributed by atoms with Gasteiger partial charge in [-0.05, 0) is 74.0 Å². The molecule has 1 unspecified atom stereocenters. The number of aromatic nitrogens is 6. The van der Waals surface area contributed by atoms with Gasteiger partial charge in [-0.25, -0.2) is 23.7 Å². The Kier molecular flexibility index (Phi) is 7.98. The molecule has 2 fully saturated rings. The molecule has 12 nitrogen and oxygen atoms in total. The highest BCUT2D eigenvalue weighted by Gasteiger charge is 2.45. The van der Waals surface area contributed by atoms with E-state index in [9.17, 15) is 4.79 Å². The molecule has 0 aliphatic carbocycles. The lowest BCUT2D eigenvalue weighted by Gasteiger charge is -2.37. The molecule has 2 saturated heterocycles. The first-order valence-electron chi connectivity index (χ1n) is 18.3. The average Bonchev–Trinajstić information content (AvgIpc) is 3.91. The molecule has 4 heterocycles. The molecule has 0 amide bonds. The molecule has 5 aromatic rings. The smallest absolute Gasteiger partial charge is 0.350 e. The van der Waals surface area contributed by atoms with Crippen LogP contribution in [0.5, 0.6) is 5.75 Å². The summed E-state index contributed by atoms with van der Waals surface area (Å²) in [5.41, 5.74) is 2.64. The number of nitrogens with zero attached hydrogens (tertiary/aromatic N) is 8. The Morgan fingerprint density at radius 3 is 2.33 bits per heavy atom. The van der Waals surface area contributed by atoms with E-state index in [4.69, 9.17) is 44.3 Å². The average molecular weight is 711 g/mol. The second-order valence-corrected chi connectivity index (χ2v) is 12.7. The van der Waals surface area contributed by atoms with Crippen molar-refractivity contribution in [3.05, 3.63) is 112 Å². The van der Waals surface area contributed by atoms with E-state index in [0.29, 0.717) is 27.0 Å². The number of anilines is 2. The van der Waals surface area contributed by atoms with Gasteiger partial charge in [0.15, 0.2) is 0 Å². The summed E-state index contributed by atoms with van der Waals surface area (Å²) >= 11 is 12.7. The van der Waals surface area contributed by atoms with Gasteiger partial charge in [0.2, 0.25) is 5.79 Å². The second kappa shape index (κ2) is 14.2. The van der Waals surface area contributed by atoms with Crippen molar-refractivity contribution in [3.8, 4) is 11.4 Å². The first kappa shape index (κ1) is 27.5. The Morgan fingerprint density at radius 2 is 1.67 bits per heavy atom. The molecular weight excluding hydrogens is 667 g/mol. The van der Waals surface area contributed by atoms with Crippen LogP contribution >= 0.6 is 23.2 Å². The number of ether oxygens (including phenoxy) is 3. The van der Waals surface area contributed by atoms with Crippen LogP contribution in [0.3, 0.4) is 0 Å². The molecule has 0 N–H and O–H groups in total. The Labute approximate surface area is 301 Å². The molecule has 2 aliphatic heterocycles. The standard InChI is InChI=1S/C35H38Cl2N8O4/c1-3-25(2)45-34(46)44(24-40-45)29-7-5-27(6-8-29)41-14-16-42(17-15-41)28-9-11-30(12-10-28)47-19-31-20-48-35(49-31,21-43-23-38-22-39-43)32-13-4-26(36)18-33(32)37/h4-13,18,22-25,31H,3,14-17,19-21H2,1-2H3/t25?,31-,35-/m0/s1/i1D3,3D2. The molecule has 0 radical (unpaired) electrons. The van der Waals surface area contributed by atoms with Crippen molar-refractivity contribution in [1.82, 2.24) is 29.1 Å². The van der Waals surface area contributed by atoms with Crippen LogP contribution in [0.4, 0.5) is 11.4 Å². The normalized spacial score (nSPS) is 22.2. The summed E-state index contributed by atoms with van der Waals surface area (Å²) in [5, 5.41) is 9.17. The first-order valence-corrected chi connectivity index (χ1v) is 16.6.